The van der Waals surface area contributed by atoms with E-state index in [1.165, 1.54) is 16.0 Å². The van der Waals surface area contributed by atoms with Crippen molar-refractivity contribution in [3.8, 4) is 0 Å². The standard InChI is InChI=1S/C29H33N3O3S/c1-22-18-30(15-16-32(22)28(34)21-35-20-23-8-4-2-5-9-23)27(33)19-31-14-12-26-25(13-17-36-26)29(31)24-10-6-3-7-11-24/h2-11,13,17,22,29H,12,14-16,18-21H2,1H3/t22-,29-/m0/s1. The molecule has 36 heavy (non-hydrogen) atoms. The lowest BCUT2D eigenvalue weighted by Crippen LogP contribution is -2.57. The number of fused-ring (bicyclic) bond motifs is 1. The summed E-state index contributed by atoms with van der Waals surface area (Å²) >= 11 is 1.81. The maximum absolute atomic E-state index is 13.4. The van der Waals surface area contributed by atoms with Crippen molar-refractivity contribution in [2.45, 2.75) is 32.0 Å². The molecule has 0 N–H and O–H groups in total. The van der Waals surface area contributed by atoms with Gasteiger partial charge in [-0.05, 0) is 41.5 Å². The highest BCUT2D eigenvalue weighted by Crippen LogP contribution is 2.37. The summed E-state index contributed by atoms with van der Waals surface area (Å²) in [4.78, 5) is 33.7. The smallest absolute Gasteiger partial charge is 0.248 e. The molecule has 0 saturated carbocycles. The SMILES string of the molecule is C[C@H]1CN(C(=O)CN2CCc3sccc3[C@@H]2c2ccccc2)CCN1C(=O)COCc1ccccc1. The predicted octanol–water partition coefficient (Wildman–Crippen LogP) is 3.97. The number of benzene rings is 2. The number of amides is 2. The Kier molecular flexibility index (Phi) is 7.80. The third kappa shape index (κ3) is 5.53. The Balaban J connectivity index is 1.17. The number of nitrogens with zero attached hydrogens (tertiary/aromatic N) is 3. The van der Waals surface area contributed by atoms with Crippen molar-refractivity contribution in [1.29, 1.82) is 0 Å². The zero-order valence-corrected chi connectivity index (χ0v) is 21.5. The van der Waals surface area contributed by atoms with Crippen LogP contribution in [0.3, 0.4) is 0 Å². The van der Waals surface area contributed by atoms with Crippen LogP contribution in [0, 0.1) is 0 Å². The van der Waals surface area contributed by atoms with Gasteiger partial charge in [-0.15, -0.1) is 11.3 Å². The average Bonchev–Trinajstić information content (AvgIpc) is 3.38. The predicted molar refractivity (Wildman–Crippen MR) is 142 cm³/mol. The van der Waals surface area contributed by atoms with Crippen molar-refractivity contribution in [3.05, 3.63) is 93.7 Å². The summed E-state index contributed by atoms with van der Waals surface area (Å²) in [6.07, 6.45) is 0.977. The van der Waals surface area contributed by atoms with E-state index in [9.17, 15) is 9.59 Å². The molecule has 2 aromatic carbocycles. The first-order valence-electron chi connectivity index (χ1n) is 12.6. The molecule has 2 amide bonds. The summed E-state index contributed by atoms with van der Waals surface area (Å²) in [5.74, 6) is 0.115. The molecule has 3 aromatic rings. The van der Waals surface area contributed by atoms with Gasteiger partial charge < -0.3 is 14.5 Å². The summed E-state index contributed by atoms with van der Waals surface area (Å²) in [6, 6.07) is 22.6. The summed E-state index contributed by atoms with van der Waals surface area (Å²) in [7, 11) is 0. The van der Waals surface area contributed by atoms with E-state index in [0.717, 1.165) is 18.5 Å². The van der Waals surface area contributed by atoms with Crippen molar-refractivity contribution < 1.29 is 14.3 Å². The Morgan fingerprint density at radius 3 is 2.44 bits per heavy atom. The first kappa shape index (κ1) is 24.7. The van der Waals surface area contributed by atoms with Crippen molar-refractivity contribution in [2.75, 3.05) is 39.3 Å². The van der Waals surface area contributed by atoms with Crippen molar-refractivity contribution in [1.82, 2.24) is 14.7 Å². The van der Waals surface area contributed by atoms with E-state index in [1.54, 1.807) is 0 Å². The Hall–Kier alpha value is -3.00. The fourth-order valence-corrected chi connectivity index (χ4v) is 6.21. The van der Waals surface area contributed by atoms with Crippen LogP contribution in [0.2, 0.25) is 0 Å². The van der Waals surface area contributed by atoms with E-state index >= 15 is 0 Å². The van der Waals surface area contributed by atoms with Crippen LogP contribution in [0.5, 0.6) is 0 Å². The van der Waals surface area contributed by atoms with Gasteiger partial charge in [0.1, 0.15) is 6.61 Å². The molecule has 0 unspecified atom stereocenters. The summed E-state index contributed by atoms with van der Waals surface area (Å²) in [5, 5.41) is 2.16. The van der Waals surface area contributed by atoms with E-state index in [2.05, 4.69) is 40.6 Å². The molecule has 0 aliphatic carbocycles. The van der Waals surface area contributed by atoms with Crippen molar-refractivity contribution >= 4 is 23.2 Å². The van der Waals surface area contributed by atoms with Gasteiger partial charge in [0.2, 0.25) is 11.8 Å². The van der Waals surface area contributed by atoms with Crippen LogP contribution < -0.4 is 0 Å². The number of carbonyl (C=O) groups is 2. The lowest BCUT2D eigenvalue weighted by atomic mass is 9.93. The first-order valence-corrected chi connectivity index (χ1v) is 13.5. The molecule has 2 aliphatic rings. The second-order valence-corrected chi connectivity index (χ2v) is 10.6. The number of hydrogen-bond donors (Lipinski definition) is 0. The van der Waals surface area contributed by atoms with E-state index in [1.807, 2.05) is 64.5 Å². The van der Waals surface area contributed by atoms with Crippen LogP contribution >= 0.6 is 11.3 Å². The zero-order chi connectivity index (χ0) is 24.9. The maximum atomic E-state index is 13.4. The van der Waals surface area contributed by atoms with E-state index < -0.39 is 0 Å². The second-order valence-electron chi connectivity index (χ2n) is 9.59. The molecule has 3 heterocycles. The molecular formula is C29H33N3O3S. The molecule has 0 bridgehead atoms. The minimum atomic E-state index is -0.0368. The van der Waals surface area contributed by atoms with Gasteiger partial charge in [0.15, 0.2) is 0 Å². The molecule has 1 fully saturated rings. The number of carbonyl (C=O) groups excluding carboxylic acids is 2. The van der Waals surface area contributed by atoms with Gasteiger partial charge in [0, 0.05) is 37.1 Å². The van der Waals surface area contributed by atoms with Crippen LogP contribution in [-0.2, 0) is 27.4 Å². The number of piperazine rings is 1. The van der Waals surface area contributed by atoms with Gasteiger partial charge in [-0.1, -0.05) is 60.7 Å². The normalized spacial score (nSPS) is 20.2. The highest BCUT2D eigenvalue weighted by atomic mass is 32.1. The average molecular weight is 504 g/mol. The second kappa shape index (κ2) is 11.4. The minimum Gasteiger partial charge on any atom is -0.367 e. The molecular weight excluding hydrogens is 470 g/mol. The Bertz CT molecular complexity index is 1170. The molecule has 0 spiro atoms. The molecule has 7 heteroatoms. The fraction of sp³-hybridized carbons (Fsp3) is 0.379. The molecule has 6 nitrogen and oxygen atoms in total. The summed E-state index contributed by atoms with van der Waals surface area (Å²) < 4.78 is 5.66. The fourth-order valence-electron chi connectivity index (χ4n) is 5.31. The molecule has 5 rings (SSSR count). The third-order valence-corrected chi connectivity index (χ3v) is 8.15. The number of thiophene rings is 1. The molecule has 2 aliphatic heterocycles. The highest BCUT2D eigenvalue weighted by Gasteiger charge is 2.34. The molecule has 1 aromatic heterocycles. The van der Waals surface area contributed by atoms with Gasteiger partial charge in [0.25, 0.3) is 0 Å². The van der Waals surface area contributed by atoms with Gasteiger partial charge in [-0.2, -0.15) is 0 Å². The van der Waals surface area contributed by atoms with Crippen LogP contribution in [0.15, 0.2) is 72.1 Å². The number of hydrogen-bond acceptors (Lipinski definition) is 5. The zero-order valence-electron chi connectivity index (χ0n) is 20.7. The van der Waals surface area contributed by atoms with Crippen molar-refractivity contribution in [2.24, 2.45) is 0 Å². The number of rotatable bonds is 7. The number of ether oxygens (including phenoxy) is 1. The Labute approximate surface area is 217 Å². The van der Waals surface area contributed by atoms with Crippen LogP contribution in [0.1, 0.15) is 34.5 Å². The topological polar surface area (TPSA) is 53.1 Å². The van der Waals surface area contributed by atoms with Gasteiger partial charge in [-0.25, -0.2) is 0 Å². The Morgan fingerprint density at radius 2 is 1.69 bits per heavy atom. The lowest BCUT2D eigenvalue weighted by molar-refractivity contribution is -0.146. The molecule has 2 atom stereocenters. The highest BCUT2D eigenvalue weighted by molar-refractivity contribution is 7.10. The summed E-state index contributed by atoms with van der Waals surface area (Å²) in [5.41, 5.74) is 3.60. The molecule has 188 valence electrons. The van der Waals surface area contributed by atoms with E-state index in [4.69, 9.17) is 4.74 Å². The maximum Gasteiger partial charge on any atom is 0.248 e. The van der Waals surface area contributed by atoms with Crippen LogP contribution in [0.25, 0.3) is 0 Å². The van der Waals surface area contributed by atoms with Gasteiger partial charge in [-0.3, -0.25) is 14.5 Å². The van der Waals surface area contributed by atoms with Gasteiger partial charge in [0.05, 0.1) is 19.2 Å². The monoisotopic (exact) mass is 503 g/mol. The van der Waals surface area contributed by atoms with E-state index in [0.29, 0.717) is 32.8 Å². The van der Waals surface area contributed by atoms with Crippen molar-refractivity contribution in [3.63, 3.8) is 0 Å². The summed E-state index contributed by atoms with van der Waals surface area (Å²) in [6.45, 7) is 5.39. The Morgan fingerprint density at radius 1 is 0.944 bits per heavy atom. The minimum absolute atomic E-state index is 0.0179. The van der Waals surface area contributed by atoms with Crippen LogP contribution in [-0.4, -0.2) is 71.9 Å². The van der Waals surface area contributed by atoms with E-state index in [-0.39, 0.29) is 30.5 Å². The molecule has 1 saturated heterocycles. The quantitative estimate of drug-likeness (QED) is 0.490. The lowest BCUT2D eigenvalue weighted by Gasteiger charge is -2.42. The largest absolute Gasteiger partial charge is 0.367 e. The van der Waals surface area contributed by atoms with Gasteiger partial charge >= 0.3 is 0 Å². The molecule has 0 radical (unpaired) electrons. The van der Waals surface area contributed by atoms with Crippen LogP contribution in [0.4, 0.5) is 0 Å². The first-order chi connectivity index (χ1) is 17.6. The third-order valence-electron chi connectivity index (χ3n) is 7.16.